The molecule has 0 radical (unpaired) electrons. The molecule has 0 unspecified atom stereocenters. The van der Waals surface area contributed by atoms with Gasteiger partial charge in [0.05, 0.1) is 22.9 Å². The molecular formula is C10H12ClNO4S. The van der Waals surface area contributed by atoms with Crippen LogP contribution >= 0.6 is 11.6 Å². The Morgan fingerprint density at radius 2 is 2.12 bits per heavy atom. The number of benzene rings is 1. The second kappa shape index (κ2) is 5.37. The molecule has 5 nitrogen and oxygen atoms in total. The first kappa shape index (κ1) is 13.8. The fourth-order valence-corrected chi connectivity index (χ4v) is 2.64. The van der Waals surface area contributed by atoms with E-state index >= 15 is 0 Å². The zero-order valence-electron chi connectivity index (χ0n) is 9.10. The SMILES string of the molecule is Cc1cccc(Cl)c1NS(=O)(=O)CCC(=O)O. The molecule has 17 heavy (non-hydrogen) atoms. The number of carboxylic acid groups (broad SMARTS) is 1. The quantitative estimate of drug-likeness (QED) is 0.860. The number of nitrogens with one attached hydrogen (secondary N) is 1. The highest BCUT2D eigenvalue weighted by Crippen LogP contribution is 2.26. The lowest BCUT2D eigenvalue weighted by molar-refractivity contribution is -0.136. The predicted octanol–water partition coefficient (Wildman–Crippen LogP) is 1.86. The van der Waals surface area contributed by atoms with Gasteiger partial charge >= 0.3 is 5.97 Å². The Bertz CT molecular complexity index is 507. The number of carboxylic acids is 1. The standard InChI is InChI=1S/C10H12ClNO4S/c1-7-3-2-4-8(11)10(7)12-17(15,16)6-5-9(13)14/h2-4,12H,5-6H2,1H3,(H,13,14). The van der Waals surface area contributed by atoms with Crippen molar-refractivity contribution >= 4 is 33.3 Å². The van der Waals surface area contributed by atoms with Crippen LogP contribution < -0.4 is 4.72 Å². The van der Waals surface area contributed by atoms with Crippen molar-refractivity contribution in [3.63, 3.8) is 0 Å². The molecule has 0 spiro atoms. The number of aryl methyl sites for hydroxylation is 1. The van der Waals surface area contributed by atoms with E-state index in [9.17, 15) is 13.2 Å². The number of para-hydroxylation sites is 1. The highest BCUT2D eigenvalue weighted by molar-refractivity contribution is 7.92. The zero-order chi connectivity index (χ0) is 13.1. The van der Waals surface area contributed by atoms with Crippen molar-refractivity contribution < 1.29 is 18.3 Å². The summed E-state index contributed by atoms with van der Waals surface area (Å²) >= 11 is 5.86. The van der Waals surface area contributed by atoms with Crippen LogP contribution in [0.1, 0.15) is 12.0 Å². The molecule has 0 atom stereocenters. The molecule has 0 fully saturated rings. The van der Waals surface area contributed by atoms with Crippen LogP contribution in [0.15, 0.2) is 18.2 Å². The van der Waals surface area contributed by atoms with E-state index in [4.69, 9.17) is 16.7 Å². The van der Waals surface area contributed by atoms with Gasteiger partial charge < -0.3 is 5.11 Å². The molecule has 0 saturated carbocycles. The topological polar surface area (TPSA) is 83.5 Å². The second-order valence-corrected chi connectivity index (χ2v) is 5.75. The van der Waals surface area contributed by atoms with E-state index < -0.39 is 28.2 Å². The molecular weight excluding hydrogens is 266 g/mol. The third-order valence-corrected chi connectivity index (χ3v) is 3.64. The minimum Gasteiger partial charge on any atom is -0.481 e. The van der Waals surface area contributed by atoms with Crippen LogP contribution in [0.3, 0.4) is 0 Å². The zero-order valence-corrected chi connectivity index (χ0v) is 10.7. The van der Waals surface area contributed by atoms with Gasteiger partial charge in [0.25, 0.3) is 0 Å². The molecule has 1 rings (SSSR count). The van der Waals surface area contributed by atoms with Gasteiger partial charge in [-0.3, -0.25) is 9.52 Å². The highest BCUT2D eigenvalue weighted by atomic mass is 35.5. The van der Waals surface area contributed by atoms with Gasteiger partial charge in [0.2, 0.25) is 10.0 Å². The Morgan fingerprint density at radius 3 is 2.65 bits per heavy atom. The molecule has 0 aliphatic heterocycles. The summed E-state index contributed by atoms with van der Waals surface area (Å²) in [4.78, 5) is 10.3. The van der Waals surface area contributed by atoms with Crippen LogP contribution in [0.2, 0.25) is 5.02 Å². The maximum absolute atomic E-state index is 11.6. The van der Waals surface area contributed by atoms with Gasteiger partial charge in [0, 0.05) is 0 Å². The molecule has 1 aromatic rings. The lowest BCUT2D eigenvalue weighted by atomic mass is 10.2. The van der Waals surface area contributed by atoms with Crippen molar-refractivity contribution in [1.29, 1.82) is 0 Å². The Hall–Kier alpha value is -1.27. The first-order valence-electron chi connectivity index (χ1n) is 4.79. The number of rotatable bonds is 5. The third-order valence-electron chi connectivity index (χ3n) is 2.06. The van der Waals surface area contributed by atoms with Gasteiger partial charge in [-0.1, -0.05) is 23.7 Å². The molecule has 0 aliphatic carbocycles. The van der Waals surface area contributed by atoms with Crippen LogP contribution in [0.25, 0.3) is 0 Å². The summed E-state index contributed by atoms with van der Waals surface area (Å²) in [7, 11) is -3.69. The van der Waals surface area contributed by atoms with Crippen molar-refractivity contribution in [2.24, 2.45) is 0 Å². The van der Waals surface area contributed by atoms with Gasteiger partial charge in [-0.2, -0.15) is 0 Å². The maximum atomic E-state index is 11.6. The van der Waals surface area contributed by atoms with Gasteiger partial charge in [-0.15, -0.1) is 0 Å². The van der Waals surface area contributed by atoms with E-state index in [1.54, 1.807) is 25.1 Å². The van der Waals surface area contributed by atoms with Crippen molar-refractivity contribution in [2.75, 3.05) is 10.5 Å². The number of anilines is 1. The Kier molecular flexibility index (Phi) is 4.36. The van der Waals surface area contributed by atoms with Crippen LogP contribution in [0.4, 0.5) is 5.69 Å². The molecule has 0 aromatic heterocycles. The third kappa shape index (κ3) is 4.24. The van der Waals surface area contributed by atoms with Gasteiger partial charge in [-0.05, 0) is 18.6 Å². The first-order chi connectivity index (χ1) is 7.82. The van der Waals surface area contributed by atoms with Crippen LogP contribution in [0, 0.1) is 6.92 Å². The number of hydrogen-bond donors (Lipinski definition) is 2. The lowest BCUT2D eigenvalue weighted by Crippen LogP contribution is -2.19. The number of carbonyl (C=O) groups is 1. The Morgan fingerprint density at radius 1 is 1.47 bits per heavy atom. The van der Waals surface area contributed by atoms with Gasteiger partial charge in [0.15, 0.2) is 0 Å². The van der Waals surface area contributed by atoms with Gasteiger partial charge in [-0.25, -0.2) is 8.42 Å². The summed E-state index contributed by atoms with van der Waals surface area (Å²) in [5, 5.41) is 8.72. The molecule has 7 heteroatoms. The summed E-state index contributed by atoms with van der Waals surface area (Å²) in [5.74, 6) is -1.64. The van der Waals surface area contributed by atoms with Gasteiger partial charge in [0.1, 0.15) is 0 Å². The van der Waals surface area contributed by atoms with Crippen molar-refractivity contribution in [1.82, 2.24) is 0 Å². The average Bonchev–Trinajstić information content (AvgIpc) is 2.21. The smallest absolute Gasteiger partial charge is 0.304 e. The van der Waals surface area contributed by atoms with E-state index in [1.165, 1.54) is 0 Å². The Labute approximate surface area is 104 Å². The maximum Gasteiger partial charge on any atom is 0.304 e. The molecule has 1 aromatic carbocycles. The van der Waals surface area contributed by atoms with Crippen LogP contribution in [-0.4, -0.2) is 25.2 Å². The highest BCUT2D eigenvalue weighted by Gasteiger charge is 2.15. The molecule has 0 bridgehead atoms. The molecule has 0 heterocycles. The number of hydrogen-bond acceptors (Lipinski definition) is 3. The van der Waals surface area contributed by atoms with Crippen molar-refractivity contribution in [3.05, 3.63) is 28.8 Å². The minimum absolute atomic E-state index is 0.281. The number of halogens is 1. The molecule has 0 aliphatic rings. The summed E-state index contributed by atoms with van der Waals surface area (Å²) in [6.07, 6.45) is -0.446. The number of aliphatic carboxylic acids is 1. The summed E-state index contributed by atoms with van der Waals surface area (Å²) < 4.78 is 25.4. The molecule has 2 N–H and O–H groups in total. The normalized spacial score (nSPS) is 11.2. The van der Waals surface area contributed by atoms with E-state index in [0.717, 1.165) is 0 Å². The van der Waals surface area contributed by atoms with E-state index in [1.807, 2.05) is 0 Å². The number of sulfonamides is 1. The van der Waals surface area contributed by atoms with Crippen LogP contribution in [0.5, 0.6) is 0 Å². The fraction of sp³-hybridized carbons (Fsp3) is 0.300. The summed E-state index contributed by atoms with van der Waals surface area (Å²) in [6.45, 7) is 1.71. The molecule has 0 saturated heterocycles. The fourth-order valence-electron chi connectivity index (χ4n) is 1.19. The van der Waals surface area contributed by atoms with Crippen LogP contribution in [-0.2, 0) is 14.8 Å². The monoisotopic (exact) mass is 277 g/mol. The summed E-state index contributed by atoms with van der Waals surface area (Å²) in [5.41, 5.74) is 0.968. The van der Waals surface area contributed by atoms with E-state index in [2.05, 4.69) is 4.72 Å². The van der Waals surface area contributed by atoms with E-state index in [-0.39, 0.29) is 5.02 Å². The van der Waals surface area contributed by atoms with Crippen molar-refractivity contribution in [2.45, 2.75) is 13.3 Å². The van der Waals surface area contributed by atoms with Crippen molar-refractivity contribution in [3.8, 4) is 0 Å². The molecule has 0 amide bonds. The summed E-state index contributed by atoms with van der Waals surface area (Å²) in [6, 6.07) is 4.97. The largest absolute Gasteiger partial charge is 0.481 e. The Balaban J connectivity index is 2.87. The molecule has 94 valence electrons. The lowest BCUT2D eigenvalue weighted by Gasteiger charge is -2.11. The average molecular weight is 278 g/mol. The minimum atomic E-state index is -3.69. The first-order valence-corrected chi connectivity index (χ1v) is 6.82. The van der Waals surface area contributed by atoms with E-state index in [0.29, 0.717) is 11.3 Å². The predicted molar refractivity (Wildman–Crippen MR) is 65.9 cm³/mol. The second-order valence-electron chi connectivity index (χ2n) is 3.50.